The van der Waals surface area contributed by atoms with Gasteiger partial charge in [0.25, 0.3) is 0 Å². The average molecular weight is 311 g/mol. The minimum Gasteiger partial charge on any atom is -0.465 e. The largest absolute Gasteiger partial charge is 0.465 e. The number of oxime groups is 1. The van der Waals surface area contributed by atoms with E-state index in [1.54, 1.807) is 12.0 Å². The van der Waals surface area contributed by atoms with Crippen LogP contribution in [0.5, 0.6) is 0 Å². The zero-order valence-corrected chi connectivity index (χ0v) is 13.8. The molecule has 1 N–H and O–H groups in total. The van der Waals surface area contributed by atoms with E-state index in [-0.39, 0.29) is 0 Å². The lowest BCUT2D eigenvalue weighted by Crippen LogP contribution is -2.43. The summed E-state index contributed by atoms with van der Waals surface area (Å²) in [4.78, 5) is 20.2. The van der Waals surface area contributed by atoms with E-state index in [1.165, 1.54) is 5.71 Å². The van der Waals surface area contributed by atoms with Crippen molar-refractivity contribution >= 4 is 11.8 Å². The molecule has 6 heteroatoms. The molecular formula is C16H29N3O3. The van der Waals surface area contributed by atoms with Gasteiger partial charge in [-0.3, -0.25) is 0 Å². The molecular weight excluding hydrogens is 282 g/mol. The van der Waals surface area contributed by atoms with Crippen LogP contribution < -0.4 is 0 Å². The molecule has 126 valence electrons. The molecule has 22 heavy (non-hydrogen) atoms. The summed E-state index contributed by atoms with van der Waals surface area (Å²) in [6.07, 6.45) is 5.50. The van der Waals surface area contributed by atoms with Gasteiger partial charge in [0.2, 0.25) is 0 Å². The Morgan fingerprint density at radius 2 is 1.91 bits per heavy atom. The normalized spacial score (nSPS) is 25.8. The quantitative estimate of drug-likeness (QED) is 0.640. The van der Waals surface area contributed by atoms with Crippen molar-refractivity contribution in [1.29, 1.82) is 0 Å². The van der Waals surface area contributed by atoms with Gasteiger partial charge in [0.05, 0.1) is 5.71 Å². The Balaban J connectivity index is 1.84. The molecule has 2 aliphatic heterocycles. The highest BCUT2D eigenvalue weighted by Gasteiger charge is 2.29. The number of hydrogen-bond donors (Lipinski definition) is 1. The van der Waals surface area contributed by atoms with Crippen molar-refractivity contribution in [3.05, 3.63) is 0 Å². The van der Waals surface area contributed by atoms with E-state index in [1.807, 2.05) is 0 Å². The summed E-state index contributed by atoms with van der Waals surface area (Å²) in [7, 11) is 1.62. The van der Waals surface area contributed by atoms with Crippen LogP contribution in [0.15, 0.2) is 5.16 Å². The fourth-order valence-electron chi connectivity index (χ4n) is 3.78. The van der Waals surface area contributed by atoms with Gasteiger partial charge in [-0.05, 0) is 51.6 Å². The number of piperidine rings is 1. The molecule has 0 bridgehead atoms. The molecule has 0 spiro atoms. The van der Waals surface area contributed by atoms with Gasteiger partial charge >= 0.3 is 6.09 Å². The first-order valence-corrected chi connectivity index (χ1v) is 8.47. The summed E-state index contributed by atoms with van der Waals surface area (Å²) >= 11 is 0. The van der Waals surface area contributed by atoms with E-state index in [2.05, 4.69) is 17.0 Å². The lowest BCUT2D eigenvalue weighted by atomic mass is 9.89. The molecule has 1 atom stereocenters. The Morgan fingerprint density at radius 1 is 1.18 bits per heavy atom. The Labute approximate surface area is 133 Å². The van der Waals surface area contributed by atoms with Crippen LogP contribution in [0.1, 0.15) is 45.4 Å². The highest BCUT2D eigenvalue weighted by Crippen LogP contribution is 2.25. The maximum atomic E-state index is 11.1. The maximum Gasteiger partial charge on any atom is 0.407 e. The van der Waals surface area contributed by atoms with Crippen molar-refractivity contribution in [2.24, 2.45) is 11.1 Å². The summed E-state index contributed by atoms with van der Waals surface area (Å²) in [5.41, 5.74) is 1.18. The van der Waals surface area contributed by atoms with Crippen LogP contribution in [0.4, 0.5) is 4.79 Å². The molecule has 0 aliphatic carbocycles. The molecule has 0 aromatic heterocycles. The molecule has 2 rings (SSSR count). The van der Waals surface area contributed by atoms with Crippen LogP contribution in [-0.4, -0.2) is 66.0 Å². The zero-order valence-electron chi connectivity index (χ0n) is 13.8. The van der Waals surface area contributed by atoms with Gasteiger partial charge in [0.15, 0.2) is 0 Å². The van der Waals surface area contributed by atoms with E-state index < -0.39 is 6.09 Å². The van der Waals surface area contributed by atoms with Crippen LogP contribution in [-0.2, 0) is 4.84 Å². The Morgan fingerprint density at radius 3 is 2.50 bits per heavy atom. The standard InChI is InChI=1S/C16H29N3O3/c1-3-15(17-22-2)13-6-10-18(11-7-13)14-5-4-9-19(12-8-14)16(20)21/h13-14H,3-12H2,1-2H3,(H,20,21)/b17-15+/t14-/m0/s1. The van der Waals surface area contributed by atoms with E-state index in [9.17, 15) is 4.79 Å². The Hall–Kier alpha value is -1.30. The minimum atomic E-state index is -0.775. The lowest BCUT2D eigenvalue weighted by molar-refractivity contribution is 0.128. The molecule has 0 radical (unpaired) electrons. The zero-order chi connectivity index (χ0) is 15.9. The van der Waals surface area contributed by atoms with Crippen molar-refractivity contribution in [3.63, 3.8) is 0 Å². The third kappa shape index (κ3) is 4.35. The first-order valence-electron chi connectivity index (χ1n) is 8.47. The summed E-state index contributed by atoms with van der Waals surface area (Å²) in [5, 5.41) is 13.3. The number of rotatable bonds is 4. The van der Waals surface area contributed by atoms with Gasteiger partial charge in [-0.25, -0.2) is 4.79 Å². The van der Waals surface area contributed by atoms with E-state index in [0.29, 0.717) is 25.0 Å². The third-order valence-electron chi connectivity index (χ3n) is 5.06. The molecule has 0 unspecified atom stereocenters. The molecule has 6 nitrogen and oxygen atoms in total. The topological polar surface area (TPSA) is 65.4 Å². The predicted octanol–water partition coefficient (Wildman–Crippen LogP) is 2.64. The minimum absolute atomic E-state index is 0.537. The van der Waals surface area contributed by atoms with Gasteiger partial charge in [0, 0.05) is 25.0 Å². The molecule has 2 saturated heterocycles. The highest BCUT2D eigenvalue weighted by atomic mass is 16.6. The maximum absolute atomic E-state index is 11.1. The Kier molecular flexibility index (Phi) is 6.49. The van der Waals surface area contributed by atoms with Gasteiger partial charge in [-0.15, -0.1) is 0 Å². The van der Waals surface area contributed by atoms with Crippen molar-refractivity contribution in [1.82, 2.24) is 9.80 Å². The molecule has 0 saturated carbocycles. The third-order valence-corrected chi connectivity index (χ3v) is 5.06. The number of amides is 1. The number of nitrogens with zero attached hydrogens (tertiary/aromatic N) is 3. The van der Waals surface area contributed by atoms with Crippen molar-refractivity contribution in [2.45, 2.75) is 51.5 Å². The van der Waals surface area contributed by atoms with E-state index in [4.69, 9.17) is 9.94 Å². The fraction of sp³-hybridized carbons (Fsp3) is 0.875. The van der Waals surface area contributed by atoms with Crippen LogP contribution in [0.25, 0.3) is 0 Å². The van der Waals surface area contributed by atoms with Crippen LogP contribution in [0, 0.1) is 5.92 Å². The molecule has 0 aromatic carbocycles. The first-order chi connectivity index (χ1) is 10.7. The van der Waals surface area contributed by atoms with Crippen molar-refractivity contribution in [3.8, 4) is 0 Å². The second-order valence-corrected chi connectivity index (χ2v) is 6.28. The number of carbonyl (C=O) groups is 1. The second kappa shape index (κ2) is 8.36. The number of likely N-dealkylation sites (tertiary alicyclic amines) is 2. The van der Waals surface area contributed by atoms with Crippen LogP contribution in [0.3, 0.4) is 0 Å². The SMILES string of the molecule is CC/C(=N\OC)C1CCN([C@H]2CCCN(C(=O)O)CC2)CC1. The van der Waals surface area contributed by atoms with E-state index in [0.717, 1.165) is 51.6 Å². The summed E-state index contributed by atoms with van der Waals surface area (Å²) in [6, 6.07) is 0.537. The van der Waals surface area contributed by atoms with Crippen LogP contribution >= 0.6 is 0 Å². The van der Waals surface area contributed by atoms with Gasteiger partial charge in [-0.1, -0.05) is 12.1 Å². The highest BCUT2D eigenvalue weighted by molar-refractivity contribution is 5.86. The number of hydrogen-bond acceptors (Lipinski definition) is 4. The van der Waals surface area contributed by atoms with Gasteiger partial charge in [-0.2, -0.15) is 0 Å². The average Bonchev–Trinajstić information content (AvgIpc) is 2.79. The molecule has 2 fully saturated rings. The fourth-order valence-corrected chi connectivity index (χ4v) is 3.78. The smallest absolute Gasteiger partial charge is 0.407 e. The van der Waals surface area contributed by atoms with Crippen LogP contribution in [0.2, 0.25) is 0 Å². The van der Waals surface area contributed by atoms with Gasteiger partial charge in [0.1, 0.15) is 7.11 Å². The lowest BCUT2D eigenvalue weighted by Gasteiger charge is -2.37. The molecule has 2 heterocycles. The first kappa shape index (κ1) is 17.1. The predicted molar refractivity (Wildman–Crippen MR) is 86.3 cm³/mol. The molecule has 1 amide bonds. The monoisotopic (exact) mass is 311 g/mol. The molecule has 0 aromatic rings. The summed E-state index contributed by atoms with van der Waals surface area (Å²) in [5.74, 6) is 0.544. The Bertz CT molecular complexity index is 392. The molecule has 2 aliphatic rings. The van der Waals surface area contributed by atoms with Crippen molar-refractivity contribution < 1.29 is 14.7 Å². The summed E-state index contributed by atoms with van der Waals surface area (Å²) in [6.45, 7) is 5.67. The number of carboxylic acid groups (broad SMARTS) is 1. The summed E-state index contributed by atoms with van der Waals surface area (Å²) < 4.78 is 0. The second-order valence-electron chi connectivity index (χ2n) is 6.28. The van der Waals surface area contributed by atoms with E-state index >= 15 is 0 Å². The van der Waals surface area contributed by atoms with Gasteiger partial charge < -0.3 is 19.7 Å². The van der Waals surface area contributed by atoms with Crippen molar-refractivity contribution in [2.75, 3.05) is 33.3 Å².